The molecule has 4 aromatic carbocycles. The maximum atomic E-state index is 13.3. The fourth-order valence-corrected chi connectivity index (χ4v) is 7.29. The number of aromatic nitrogens is 5. The van der Waals surface area contributed by atoms with E-state index >= 15 is 0 Å². The maximum absolute atomic E-state index is 13.3. The van der Waals surface area contributed by atoms with Crippen molar-refractivity contribution >= 4 is 17.4 Å². The summed E-state index contributed by atoms with van der Waals surface area (Å²) < 4.78 is 4.21. The van der Waals surface area contributed by atoms with Gasteiger partial charge in [0.2, 0.25) is 0 Å². The van der Waals surface area contributed by atoms with E-state index in [9.17, 15) is 4.79 Å². The van der Waals surface area contributed by atoms with Crippen LogP contribution in [0, 0.1) is 6.92 Å². The highest BCUT2D eigenvalue weighted by Crippen LogP contribution is 2.41. The van der Waals surface area contributed by atoms with Crippen LogP contribution in [0.25, 0.3) is 28.0 Å². The van der Waals surface area contributed by atoms with Crippen LogP contribution in [-0.4, -0.2) is 30.1 Å². The van der Waals surface area contributed by atoms with E-state index in [-0.39, 0.29) is 5.91 Å². The molecular formula is C43H32N6O. The summed E-state index contributed by atoms with van der Waals surface area (Å²) in [6.45, 7) is 2.48. The summed E-state index contributed by atoms with van der Waals surface area (Å²) in [4.78, 5) is 24.3. The molecule has 0 atom stereocenters. The SMILES string of the molecule is Cc1ccnc(N2Cc3cc(-c4cnc5ccc(-c6cnn(C(c7ccccc7)(c7ccccc7)c7ccccc7)c6)cn45)ccc3C2=O)c1. The first kappa shape index (κ1) is 29.5. The second-order valence-corrected chi connectivity index (χ2v) is 12.7. The van der Waals surface area contributed by atoms with E-state index in [1.807, 2.05) is 67.8 Å². The lowest BCUT2D eigenvalue weighted by molar-refractivity contribution is 0.0996. The summed E-state index contributed by atoms with van der Waals surface area (Å²) in [5, 5.41) is 5.08. The standard InChI is InChI=1S/C43H32N6O/c1-30-21-22-44-41(23-30)48-28-33-24-31(17-19-38(33)42(48)50)39-26-45-40-20-18-32(27-47(39)40)34-25-46-49(29-34)43(35-11-5-2-6-12-35,36-13-7-3-8-14-36)37-15-9-4-10-16-37/h2-27,29H,28H2,1H3. The smallest absolute Gasteiger partial charge is 0.260 e. The van der Waals surface area contributed by atoms with Gasteiger partial charge in [-0.25, -0.2) is 9.97 Å². The van der Waals surface area contributed by atoms with Crippen LogP contribution in [0.15, 0.2) is 164 Å². The Bertz CT molecular complexity index is 2410. The van der Waals surface area contributed by atoms with Gasteiger partial charge in [-0.1, -0.05) is 97.1 Å². The molecule has 0 fully saturated rings. The van der Waals surface area contributed by atoms with E-state index < -0.39 is 5.54 Å². The number of anilines is 1. The zero-order valence-corrected chi connectivity index (χ0v) is 27.4. The minimum Gasteiger partial charge on any atom is -0.299 e. The monoisotopic (exact) mass is 648 g/mol. The van der Waals surface area contributed by atoms with E-state index in [1.165, 1.54) is 0 Å². The molecule has 0 saturated heterocycles. The lowest BCUT2D eigenvalue weighted by Gasteiger charge is -2.36. The van der Waals surface area contributed by atoms with Crippen LogP contribution in [0.3, 0.4) is 0 Å². The summed E-state index contributed by atoms with van der Waals surface area (Å²) in [7, 11) is 0. The molecule has 1 amide bonds. The van der Waals surface area contributed by atoms with Crippen molar-refractivity contribution in [3.8, 4) is 22.4 Å². The van der Waals surface area contributed by atoms with E-state index in [1.54, 1.807) is 11.1 Å². The first-order chi connectivity index (χ1) is 24.6. The van der Waals surface area contributed by atoms with Gasteiger partial charge in [-0.15, -0.1) is 0 Å². The van der Waals surface area contributed by atoms with Gasteiger partial charge >= 0.3 is 0 Å². The Hall–Kier alpha value is -6.60. The zero-order valence-electron chi connectivity index (χ0n) is 27.4. The number of imidazole rings is 1. The number of benzene rings is 4. The number of fused-ring (bicyclic) bond motifs is 2. The minimum absolute atomic E-state index is 0.0281. The predicted molar refractivity (Wildman–Crippen MR) is 196 cm³/mol. The highest BCUT2D eigenvalue weighted by atomic mass is 16.2. The van der Waals surface area contributed by atoms with Crippen LogP contribution in [-0.2, 0) is 12.1 Å². The Balaban J connectivity index is 1.12. The zero-order chi connectivity index (χ0) is 33.7. The molecule has 0 aliphatic carbocycles. The van der Waals surface area contributed by atoms with Crippen molar-refractivity contribution < 1.29 is 4.79 Å². The van der Waals surface area contributed by atoms with Crippen LogP contribution in [0.5, 0.6) is 0 Å². The van der Waals surface area contributed by atoms with Crippen LogP contribution in [0.4, 0.5) is 5.82 Å². The third kappa shape index (κ3) is 4.74. The third-order valence-corrected chi connectivity index (χ3v) is 9.72. The predicted octanol–water partition coefficient (Wildman–Crippen LogP) is 8.57. The Morgan fingerprint density at radius 3 is 1.96 bits per heavy atom. The molecule has 9 rings (SSSR count). The molecule has 0 spiro atoms. The van der Waals surface area contributed by atoms with Crippen molar-refractivity contribution in [3.05, 3.63) is 198 Å². The van der Waals surface area contributed by atoms with Crippen LogP contribution in [0.1, 0.15) is 38.2 Å². The quantitative estimate of drug-likeness (QED) is 0.162. The van der Waals surface area contributed by atoms with E-state index in [2.05, 4.69) is 111 Å². The molecule has 7 heteroatoms. The molecule has 7 nitrogen and oxygen atoms in total. The van der Waals surface area contributed by atoms with E-state index in [4.69, 9.17) is 10.1 Å². The molecule has 0 N–H and O–H groups in total. The van der Waals surface area contributed by atoms with Gasteiger partial charge in [0.15, 0.2) is 0 Å². The van der Waals surface area contributed by atoms with Crippen molar-refractivity contribution in [1.82, 2.24) is 24.1 Å². The van der Waals surface area contributed by atoms with Crippen molar-refractivity contribution in [2.75, 3.05) is 4.90 Å². The van der Waals surface area contributed by atoms with Crippen LogP contribution in [0.2, 0.25) is 0 Å². The van der Waals surface area contributed by atoms with Crippen LogP contribution < -0.4 is 4.90 Å². The Morgan fingerprint density at radius 1 is 0.640 bits per heavy atom. The number of amides is 1. The number of pyridine rings is 2. The Labute approximate surface area is 289 Å². The Kier molecular flexibility index (Phi) is 6.98. The maximum Gasteiger partial charge on any atom is 0.260 e. The summed E-state index contributed by atoms with van der Waals surface area (Å²) in [5.74, 6) is 0.642. The number of hydrogen-bond acceptors (Lipinski definition) is 4. The van der Waals surface area contributed by atoms with Gasteiger partial charge in [-0.2, -0.15) is 5.10 Å². The summed E-state index contributed by atoms with van der Waals surface area (Å²) >= 11 is 0. The number of hydrogen-bond donors (Lipinski definition) is 0. The average Bonchev–Trinajstić information content (AvgIpc) is 3.91. The summed E-state index contributed by atoms with van der Waals surface area (Å²) in [6.07, 6.45) is 9.84. The lowest BCUT2D eigenvalue weighted by Crippen LogP contribution is -2.38. The van der Waals surface area contributed by atoms with Gasteiger partial charge in [-0.3, -0.25) is 18.8 Å². The molecule has 0 radical (unpaired) electrons. The van der Waals surface area contributed by atoms with Crippen molar-refractivity contribution in [3.63, 3.8) is 0 Å². The molecule has 5 heterocycles. The average molecular weight is 649 g/mol. The number of rotatable bonds is 7. The third-order valence-electron chi connectivity index (χ3n) is 9.72. The van der Waals surface area contributed by atoms with Gasteiger partial charge < -0.3 is 0 Å². The number of aryl methyl sites for hydroxylation is 1. The summed E-state index contributed by atoms with van der Waals surface area (Å²) in [5.41, 5.74) is 10.2. The molecular weight excluding hydrogens is 617 g/mol. The number of carbonyl (C=O) groups excluding carboxylic acids is 1. The molecule has 240 valence electrons. The largest absolute Gasteiger partial charge is 0.299 e. The molecule has 8 aromatic rings. The second-order valence-electron chi connectivity index (χ2n) is 12.7. The molecule has 0 unspecified atom stereocenters. The number of carbonyl (C=O) groups is 1. The number of nitrogens with zero attached hydrogens (tertiary/aromatic N) is 6. The second kappa shape index (κ2) is 11.8. The Morgan fingerprint density at radius 2 is 1.30 bits per heavy atom. The normalized spacial score (nSPS) is 12.8. The van der Waals surface area contributed by atoms with Crippen molar-refractivity contribution in [2.45, 2.75) is 19.0 Å². The molecule has 4 aromatic heterocycles. The van der Waals surface area contributed by atoms with Gasteiger partial charge in [0, 0.05) is 40.8 Å². The van der Waals surface area contributed by atoms with Gasteiger partial charge in [0.05, 0.1) is 24.6 Å². The molecule has 50 heavy (non-hydrogen) atoms. The van der Waals surface area contributed by atoms with Crippen molar-refractivity contribution in [2.24, 2.45) is 0 Å². The molecule has 1 aliphatic heterocycles. The first-order valence-electron chi connectivity index (χ1n) is 16.7. The fraction of sp³-hybridized carbons (Fsp3) is 0.0698. The highest BCUT2D eigenvalue weighted by Gasteiger charge is 2.39. The minimum atomic E-state index is -0.698. The lowest BCUT2D eigenvalue weighted by atomic mass is 9.77. The van der Waals surface area contributed by atoms with Crippen molar-refractivity contribution in [1.29, 1.82) is 0 Å². The summed E-state index contributed by atoms with van der Waals surface area (Å²) in [6, 6.07) is 45.7. The van der Waals surface area contributed by atoms with Crippen LogP contribution >= 0.6 is 0 Å². The molecule has 0 bridgehead atoms. The van der Waals surface area contributed by atoms with E-state index in [0.29, 0.717) is 17.9 Å². The van der Waals surface area contributed by atoms with Gasteiger partial charge in [0.25, 0.3) is 5.91 Å². The van der Waals surface area contributed by atoms with Gasteiger partial charge in [-0.05, 0) is 71.1 Å². The molecule has 1 aliphatic rings. The topological polar surface area (TPSA) is 68.3 Å². The van der Waals surface area contributed by atoms with E-state index in [0.717, 1.165) is 55.8 Å². The van der Waals surface area contributed by atoms with Gasteiger partial charge in [0.1, 0.15) is 17.0 Å². The first-order valence-corrected chi connectivity index (χ1v) is 16.7. The molecule has 0 saturated carbocycles. The highest BCUT2D eigenvalue weighted by molar-refractivity contribution is 6.09. The fourth-order valence-electron chi connectivity index (χ4n) is 7.29.